The summed E-state index contributed by atoms with van der Waals surface area (Å²) >= 11 is 0. The summed E-state index contributed by atoms with van der Waals surface area (Å²) in [6, 6.07) is 17.7. The van der Waals surface area contributed by atoms with E-state index in [1.165, 1.54) is 0 Å². The van der Waals surface area contributed by atoms with Crippen LogP contribution in [-0.2, 0) is 20.8 Å². The zero-order valence-electron chi connectivity index (χ0n) is 14.7. The van der Waals surface area contributed by atoms with Crippen LogP contribution in [0.3, 0.4) is 0 Å². The van der Waals surface area contributed by atoms with Crippen molar-refractivity contribution in [1.29, 1.82) is 0 Å². The fraction of sp³-hybridized carbons (Fsp3) is 0.381. The lowest BCUT2D eigenvalue weighted by Crippen LogP contribution is -2.48. The number of rotatable bonds is 6. The number of esters is 1. The van der Waals surface area contributed by atoms with Crippen LogP contribution in [0, 0.1) is 0 Å². The summed E-state index contributed by atoms with van der Waals surface area (Å²) in [5.74, 6) is -0.285. The Morgan fingerprint density at radius 3 is 2.42 bits per heavy atom. The second kappa shape index (κ2) is 7.19. The number of carbonyl (C=O) groups excluding carboxylic acids is 1. The number of benzene rings is 2. The highest BCUT2D eigenvalue weighted by Gasteiger charge is 2.54. The van der Waals surface area contributed by atoms with E-state index in [4.69, 9.17) is 9.47 Å². The third-order valence-corrected chi connectivity index (χ3v) is 5.16. The van der Waals surface area contributed by atoms with Crippen molar-refractivity contribution in [1.82, 2.24) is 4.90 Å². The first-order chi connectivity index (χ1) is 12.7. The topological polar surface area (TPSA) is 59.0 Å². The minimum Gasteiger partial charge on any atom is -0.465 e. The molecule has 0 aromatic heterocycles. The van der Waals surface area contributed by atoms with Gasteiger partial charge in [-0.1, -0.05) is 54.6 Å². The van der Waals surface area contributed by atoms with Gasteiger partial charge in [-0.25, -0.2) is 0 Å². The molecule has 4 rings (SSSR count). The summed E-state index contributed by atoms with van der Waals surface area (Å²) in [5.41, 5.74) is 3.24. The van der Waals surface area contributed by atoms with Crippen molar-refractivity contribution in [2.45, 2.75) is 37.8 Å². The second-order valence-electron chi connectivity index (χ2n) is 6.78. The summed E-state index contributed by atoms with van der Waals surface area (Å²) in [7, 11) is 0. The standard InChI is InChI=1S/C21H23NO4/c1-2-25-17(23)13-22(12-14-8-4-3-5-9-14)18-19(24)21-16-11-7-6-10-15(16)20(18)26-21/h3-11,18-21,24H,2,12-13H2,1H3/t18-,19-,20-,21+/m0/s1. The van der Waals surface area contributed by atoms with Crippen molar-refractivity contribution in [3.63, 3.8) is 0 Å². The molecule has 1 fully saturated rings. The molecule has 0 aliphatic carbocycles. The molecule has 136 valence electrons. The van der Waals surface area contributed by atoms with Gasteiger partial charge in [0.15, 0.2) is 0 Å². The lowest BCUT2D eigenvalue weighted by atomic mass is 9.85. The summed E-state index contributed by atoms with van der Waals surface area (Å²) in [5, 5.41) is 10.9. The van der Waals surface area contributed by atoms with E-state index < -0.39 is 6.10 Å². The van der Waals surface area contributed by atoms with Crippen LogP contribution in [0.5, 0.6) is 0 Å². The molecule has 2 bridgehead atoms. The van der Waals surface area contributed by atoms with Crippen LogP contribution in [0.15, 0.2) is 54.6 Å². The summed E-state index contributed by atoms with van der Waals surface area (Å²) in [6.45, 7) is 2.82. The van der Waals surface area contributed by atoms with Crippen molar-refractivity contribution in [2.24, 2.45) is 0 Å². The molecule has 0 amide bonds. The highest BCUT2D eigenvalue weighted by atomic mass is 16.5. The van der Waals surface area contributed by atoms with E-state index in [2.05, 4.69) is 0 Å². The van der Waals surface area contributed by atoms with Crippen molar-refractivity contribution >= 4 is 5.97 Å². The molecule has 1 saturated heterocycles. The van der Waals surface area contributed by atoms with E-state index in [1.807, 2.05) is 59.5 Å². The Morgan fingerprint density at radius 2 is 1.73 bits per heavy atom. The number of aliphatic hydroxyl groups excluding tert-OH is 1. The Hall–Kier alpha value is -2.21. The van der Waals surface area contributed by atoms with Crippen LogP contribution in [0.2, 0.25) is 0 Å². The lowest BCUT2D eigenvalue weighted by Gasteiger charge is -2.35. The maximum atomic E-state index is 12.2. The summed E-state index contributed by atoms with van der Waals surface area (Å²) < 4.78 is 11.2. The molecule has 2 aromatic rings. The first-order valence-electron chi connectivity index (χ1n) is 9.05. The number of fused-ring (bicyclic) bond motifs is 5. The zero-order chi connectivity index (χ0) is 18.1. The van der Waals surface area contributed by atoms with Gasteiger partial charge in [0.2, 0.25) is 0 Å². The van der Waals surface area contributed by atoms with Crippen molar-refractivity contribution in [2.75, 3.05) is 13.2 Å². The Balaban J connectivity index is 1.62. The predicted molar refractivity (Wildman–Crippen MR) is 96.3 cm³/mol. The monoisotopic (exact) mass is 353 g/mol. The number of ether oxygens (including phenoxy) is 2. The first-order valence-corrected chi connectivity index (χ1v) is 9.05. The lowest BCUT2D eigenvalue weighted by molar-refractivity contribution is -0.146. The Morgan fingerprint density at radius 1 is 1.08 bits per heavy atom. The quantitative estimate of drug-likeness (QED) is 0.809. The van der Waals surface area contributed by atoms with Gasteiger partial charge in [-0.2, -0.15) is 0 Å². The molecular formula is C21H23NO4. The van der Waals surface area contributed by atoms with E-state index in [-0.39, 0.29) is 30.8 Å². The summed E-state index contributed by atoms with van der Waals surface area (Å²) in [4.78, 5) is 14.2. The third-order valence-electron chi connectivity index (χ3n) is 5.16. The number of aliphatic hydroxyl groups is 1. The van der Waals surface area contributed by atoms with Crippen molar-refractivity contribution < 1.29 is 19.4 Å². The molecule has 2 aliphatic rings. The number of hydrogen-bond donors (Lipinski definition) is 1. The van der Waals surface area contributed by atoms with Gasteiger partial charge in [0.05, 0.1) is 19.2 Å². The maximum absolute atomic E-state index is 12.2. The molecule has 1 N–H and O–H groups in total. The van der Waals surface area contributed by atoms with E-state index in [0.29, 0.717) is 13.2 Å². The second-order valence-corrected chi connectivity index (χ2v) is 6.78. The van der Waals surface area contributed by atoms with Gasteiger partial charge in [0, 0.05) is 6.54 Å². The average Bonchev–Trinajstić information content (AvgIpc) is 3.18. The van der Waals surface area contributed by atoms with Crippen LogP contribution in [-0.4, -0.2) is 41.3 Å². The molecule has 0 radical (unpaired) electrons. The fourth-order valence-corrected chi connectivity index (χ4v) is 4.09. The van der Waals surface area contributed by atoms with Gasteiger partial charge in [0.25, 0.3) is 0 Å². The van der Waals surface area contributed by atoms with Crippen molar-refractivity contribution in [3.8, 4) is 0 Å². The first kappa shape index (κ1) is 17.2. The SMILES string of the molecule is CCOC(=O)CN(Cc1ccccc1)[C@H]1[C@H](O)[C@@H]2O[C@H]1c1ccccc12. The fourth-order valence-electron chi connectivity index (χ4n) is 4.09. The molecule has 0 spiro atoms. The van der Waals surface area contributed by atoms with E-state index in [1.54, 1.807) is 6.92 Å². The van der Waals surface area contributed by atoms with E-state index >= 15 is 0 Å². The molecule has 5 heteroatoms. The largest absolute Gasteiger partial charge is 0.465 e. The zero-order valence-corrected chi connectivity index (χ0v) is 14.7. The van der Waals surface area contributed by atoms with Gasteiger partial charge in [-0.3, -0.25) is 9.69 Å². The molecule has 5 nitrogen and oxygen atoms in total. The molecule has 26 heavy (non-hydrogen) atoms. The third kappa shape index (κ3) is 3.03. The van der Waals surface area contributed by atoms with Crippen LogP contribution in [0.1, 0.15) is 35.8 Å². The van der Waals surface area contributed by atoms with Gasteiger partial charge in [-0.05, 0) is 23.6 Å². The number of hydrogen-bond acceptors (Lipinski definition) is 5. The van der Waals surface area contributed by atoms with Crippen LogP contribution >= 0.6 is 0 Å². The summed E-state index contributed by atoms with van der Waals surface area (Å²) in [6.07, 6.45) is -1.24. The molecule has 0 saturated carbocycles. The predicted octanol–water partition coefficient (Wildman–Crippen LogP) is 2.61. The van der Waals surface area contributed by atoms with Gasteiger partial charge < -0.3 is 14.6 Å². The van der Waals surface area contributed by atoms with Gasteiger partial charge in [0.1, 0.15) is 18.3 Å². The van der Waals surface area contributed by atoms with Crippen LogP contribution in [0.25, 0.3) is 0 Å². The molecule has 2 aliphatic heterocycles. The average molecular weight is 353 g/mol. The minimum absolute atomic E-state index is 0.124. The molecule has 4 atom stereocenters. The Kier molecular flexibility index (Phi) is 4.76. The van der Waals surface area contributed by atoms with Crippen LogP contribution in [0.4, 0.5) is 0 Å². The van der Waals surface area contributed by atoms with E-state index in [9.17, 15) is 9.90 Å². The van der Waals surface area contributed by atoms with Gasteiger partial charge >= 0.3 is 5.97 Å². The molecule has 0 unspecified atom stereocenters. The highest BCUT2D eigenvalue weighted by molar-refractivity contribution is 5.71. The number of carbonyl (C=O) groups is 1. The molecule has 2 aromatic carbocycles. The smallest absolute Gasteiger partial charge is 0.320 e. The Labute approximate surface area is 153 Å². The normalized spacial score (nSPS) is 26.1. The Bertz CT molecular complexity index is 779. The maximum Gasteiger partial charge on any atom is 0.320 e. The van der Waals surface area contributed by atoms with E-state index in [0.717, 1.165) is 16.7 Å². The van der Waals surface area contributed by atoms with Crippen LogP contribution < -0.4 is 0 Å². The molecular weight excluding hydrogens is 330 g/mol. The van der Waals surface area contributed by atoms with Crippen molar-refractivity contribution in [3.05, 3.63) is 71.3 Å². The number of nitrogens with zero attached hydrogens (tertiary/aromatic N) is 1. The van der Waals surface area contributed by atoms with Gasteiger partial charge in [-0.15, -0.1) is 0 Å². The molecule has 2 heterocycles. The minimum atomic E-state index is -0.673. The highest BCUT2D eigenvalue weighted by Crippen LogP contribution is 2.52.